The first-order valence-corrected chi connectivity index (χ1v) is 14.6. The van der Waals surface area contributed by atoms with Crippen LogP contribution < -0.4 is 9.62 Å². The summed E-state index contributed by atoms with van der Waals surface area (Å²) in [6.45, 7) is 5.52. The molecule has 0 bridgehead atoms. The topological polar surface area (TPSA) is 86.8 Å². The molecular weight excluding hydrogens is 545 g/mol. The fraction of sp³-hybridized carbons (Fsp3) is 0.440. The first-order chi connectivity index (χ1) is 16.9. The highest BCUT2D eigenvalue weighted by Crippen LogP contribution is 2.27. The minimum absolute atomic E-state index is 0.00570. The fourth-order valence-electron chi connectivity index (χ4n) is 3.75. The van der Waals surface area contributed by atoms with Crippen molar-refractivity contribution in [1.82, 2.24) is 10.2 Å². The van der Waals surface area contributed by atoms with Gasteiger partial charge in [-0.2, -0.15) is 0 Å². The van der Waals surface area contributed by atoms with Gasteiger partial charge in [0.05, 0.1) is 11.9 Å². The number of rotatable bonds is 12. The molecule has 0 aliphatic carbocycles. The van der Waals surface area contributed by atoms with Crippen LogP contribution in [0.4, 0.5) is 5.69 Å². The molecule has 7 nitrogen and oxygen atoms in total. The standard InChI is InChI=1S/C25H32Cl3N3O4S/c1-5-7-12-29-25(33)22(6-2)30(15-18-8-9-20(27)14-21(18)28)24(32)16-31(36(4,34)35)23-11-10-19(26)13-17(23)3/h8-11,13-14,22H,5-7,12,15-16H2,1-4H3,(H,29,33)/t22-/m0/s1. The Morgan fingerprint density at radius 2 is 1.67 bits per heavy atom. The van der Waals surface area contributed by atoms with Gasteiger partial charge in [-0.15, -0.1) is 0 Å². The molecule has 2 amide bonds. The highest BCUT2D eigenvalue weighted by atomic mass is 35.5. The number of hydrogen-bond donors (Lipinski definition) is 1. The summed E-state index contributed by atoms with van der Waals surface area (Å²) in [5.41, 5.74) is 1.51. The average molecular weight is 577 g/mol. The Hall–Kier alpha value is -2.00. The van der Waals surface area contributed by atoms with Gasteiger partial charge in [-0.25, -0.2) is 8.42 Å². The third kappa shape index (κ3) is 8.26. The molecule has 36 heavy (non-hydrogen) atoms. The van der Waals surface area contributed by atoms with Crippen LogP contribution in [0.25, 0.3) is 0 Å². The maximum atomic E-state index is 13.7. The molecule has 2 aromatic carbocycles. The maximum Gasteiger partial charge on any atom is 0.244 e. The van der Waals surface area contributed by atoms with E-state index in [-0.39, 0.29) is 12.5 Å². The molecule has 2 aromatic rings. The molecule has 0 saturated carbocycles. The Morgan fingerprint density at radius 1 is 1.03 bits per heavy atom. The predicted octanol–water partition coefficient (Wildman–Crippen LogP) is 5.44. The number of aryl methyl sites for hydroxylation is 1. The lowest BCUT2D eigenvalue weighted by molar-refractivity contribution is -0.140. The van der Waals surface area contributed by atoms with Crippen LogP contribution in [0.1, 0.15) is 44.2 Å². The molecular formula is C25H32Cl3N3O4S. The summed E-state index contributed by atoms with van der Waals surface area (Å²) in [6.07, 6.45) is 3.07. The number of anilines is 1. The number of unbranched alkanes of at least 4 members (excludes halogenated alkanes) is 1. The maximum absolute atomic E-state index is 13.7. The summed E-state index contributed by atoms with van der Waals surface area (Å²) in [4.78, 5) is 28.2. The normalized spacial score (nSPS) is 12.2. The second-order valence-electron chi connectivity index (χ2n) is 8.53. The number of halogens is 3. The van der Waals surface area contributed by atoms with Crippen LogP contribution in [0, 0.1) is 6.92 Å². The van der Waals surface area contributed by atoms with E-state index in [0.717, 1.165) is 23.4 Å². The number of sulfonamides is 1. The highest BCUT2D eigenvalue weighted by molar-refractivity contribution is 7.92. The van der Waals surface area contributed by atoms with Gasteiger partial charge in [0.1, 0.15) is 12.6 Å². The van der Waals surface area contributed by atoms with Gasteiger partial charge in [-0.05, 0) is 61.2 Å². The van der Waals surface area contributed by atoms with Crippen LogP contribution in [0.3, 0.4) is 0 Å². The SMILES string of the molecule is CCCCNC(=O)[C@H](CC)N(Cc1ccc(Cl)cc1Cl)C(=O)CN(c1ccc(Cl)cc1C)S(C)(=O)=O. The molecule has 0 radical (unpaired) electrons. The first-order valence-electron chi connectivity index (χ1n) is 11.6. The number of amides is 2. The minimum atomic E-state index is -3.84. The van der Waals surface area contributed by atoms with Gasteiger partial charge in [-0.3, -0.25) is 13.9 Å². The van der Waals surface area contributed by atoms with Crippen molar-refractivity contribution in [3.63, 3.8) is 0 Å². The smallest absolute Gasteiger partial charge is 0.244 e. The number of hydrogen-bond acceptors (Lipinski definition) is 4. The first kappa shape index (κ1) is 30.2. The molecule has 0 unspecified atom stereocenters. The zero-order valence-electron chi connectivity index (χ0n) is 20.9. The number of carbonyl (C=O) groups is 2. The van der Waals surface area contributed by atoms with Gasteiger partial charge in [0, 0.05) is 28.2 Å². The van der Waals surface area contributed by atoms with Crippen molar-refractivity contribution in [3.8, 4) is 0 Å². The molecule has 0 spiro atoms. The lowest BCUT2D eigenvalue weighted by Gasteiger charge is -2.33. The number of nitrogens with zero attached hydrogens (tertiary/aromatic N) is 2. The molecule has 2 rings (SSSR count). The zero-order valence-corrected chi connectivity index (χ0v) is 23.9. The second kappa shape index (κ2) is 13.5. The van der Waals surface area contributed by atoms with Crippen LogP contribution in [0.15, 0.2) is 36.4 Å². The average Bonchev–Trinajstić information content (AvgIpc) is 2.78. The van der Waals surface area contributed by atoms with Crippen LogP contribution in [0.5, 0.6) is 0 Å². The Kier molecular flexibility index (Phi) is 11.3. The van der Waals surface area contributed by atoms with E-state index < -0.39 is 28.5 Å². The monoisotopic (exact) mass is 575 g/mol. The van der Waals surface area contributed by atoms with E-state index in [0.29, 0.717) is 44.8 Å². The van der Waals surface area contributed by atoms with E-state index in [9.17, 15) is 18.0 Å². The van der Waals surface area contributed by atoms with Gasteiger partial charge < -0.3 is 10.2 Å². The fourth-order valence-corrected chi connectivity index (χ4v) is 5.35. The van der Waals surface area contributed by atoms with Crippen molar-refractivity contribution in [1.29, 1.82) is 0 Å². The van der Waals surface area contributed by atoms with Gasteiger partial charge in [-0.1, -0.05) is 61.1 Å². The lowest BCUT2D eigenvalue weighted by Crippen LogP contribution is -2.52. The molecule has 0 heterocycles. The van der Waals surface area contributed by atoms with Crippen molar-refractivity contribution in [2.45, 2.75) is 52.6 Å². The molecule has 1 atom stereocenters. The summed E-state index contributed by atoms with van der Waals surface area (Å²) in [6, 6.07) is 8.81. The van der Waals surface area contributed by atoms with Crippen molar-refractivity contribution < 1.29 is 18.0 Å². The Balaban J connectivity index is 2.47. The van der Waals surface area contributed by atoms with Gasteiger partial charge in [0.25, 0.3) is 0 Å². The quantitative estimate of drug-likeness (QED) is 0.341. The molecule has 11 heteroatoms. The van der Waals surface area contributed by atoms with Crippen LogP contribution in [0.2, 0.25) is 15.1 Å². The number of carbonyl (C=O) groups excluding carboxylic acids is 2. The minimum Gasteiger partial charge on any atom is -0.354 e. The van der Waals surface area contributed by atoms with Crippen LogP contribution in [-0.4, -0.2) is 50.5 Å². The zero-order chi connectivity index (χ0) is 27.0. The van der Waals surface area contributed by atoms with Crippen molar-refractivity contribution >= 4 is 62.3 Å². The third-order valence-corrected chi connectivity index (χ3v) is 7.63. The molecule has 0 aliphatic rings. The number of nitrogens with one attached hydrogen (secondary N) is 1. The number of benzene rings is 2. The third-order valence-electron chi connectivity index (χ3n) is 5.68. The van der Waals surface area contributed by atoms with E-state index in [4.69, 9.17) is 34.8 Å². The van der Waals surface area contributed by atoms with Gasteiger partial charge >= 0.3 is 0 Å². The van der Waals surface area contributed by atoms with E-state index >= 15 is 0 Å². The molecule has 0 aliphatic heterocycles. The molecule has 1 N–H and O–H groups in total. The lowest BCUT2D eigenvalue weighted by atomic mass is 10.1. The Labute approximate surface area is 228 Å². The summed E-state index contributed by atoms with van der Waals surface area (Å²) in [5.74, 6) is -0.851. The molecule has 198 valence electrons. The largest absolute Gasteiger partial charge is 0.354 e. The molecule has 0 saturated heterocycles. The van der Waals surface area contributed by atoms with Crippen molar-refractivity contribution in [2.75, 3.05) is 23.7 Å². The predicted molar refractivity (Wildman–Crippen MR) is 147 cm³/mol. The molecule has 0 fully saturated rings. The van der Waals surface area contributed by atoms with E-state index in [1.807, 2.05) is 6.92 Å². The summed E-state index contributed by atoms with van der Waals surface area (Å²) >= 11 is 18.5. The van der Waals surface area contributed by atoms with Crippen LogP contribution in [-0.2, 0) is 26.2 Å². The van der Waals surface area contributed by atoms with Gasteiger partial charge in [0.2, 0.25) is 21.8 Å². The van der Waals surface area contributed by atoms with E-state index in [1.165, 1.54) is 4.90 Å². The second-order valence-corrected chi connectivity index (χ2v) is 11.7. The molecule has 0 aromatic heterocycles. The Morgan fingerprint density at radius 3 is 2.22 bits per heavy atom. The Bertz CT molecular complexity index is 1190. The van der Waals surface area contributed by atoms with Crippen molar-refractivity contribution in [2.24, 2.45) is 0 Å². The summed E-state index contributed by atoms with van der Waals surface area (Å²) in [7, 11) is -3.84. The van der Waals surface area contributed by atoms with Gasteiger partial charge in [0.15, 0.2) is 0 Å². The summed E-state index contributed by atoms with van der Waals surface area (Å²) < 4.78 is 26.5. The van der Waals surface area contributed by atoms with Crippen molar-refractivity contribution in [3.05, 3.63) is 62.6 Å². The van der Waals surface area contributed by atoms with Crippen LogP contribution >= 0.6 is 34.8 Å². The van der Waals surface area contributed by atoms with E-state index in [2.05, 4.69) is 5.32 Å². The highest BCUT2D eigenvalue weighted by Gasteiger charge is 2.32. The summed E-state index contributed by atoms with van der Waals surface area (Å²) in [5, 5.41) is 4.11. The van der Waals surface area contributed by atoms with E-state index in [1.54, 1.807) is 50.2 Å².